The van der Waals surface area contributed by atoms with Crippen LogP contribution in [0.3, 0.4) is 0 Å². The van der Waals surface area contributed by atoms with E-state index in [9.17, 15) is 23.2 Å². The largest absolute Gasteiger partial charge is 0.513 e. The first-order valence-electron chi connectivity index (χ1n) is 8.57. The molecule has 1 heterocycles. The summed E-state index contributed by atoms with van der Waals surface area (Å²) in [6.07, 6.45) is -5.70. The maximum Gasteiger partial charge on any atom is 0.513 e. The van der Waals surface area contributed by atoms with Crippen LogP contribution in [0.4, 0.5) is 18.0 Å². The van der Waals surface area contributed by atoms with Crippen LogP contribution in [0.2, 0.25) is 0 Å². The van der Waals surface area contributed by atoms with Gasteiger partial charge in [-0.15, -0.1) is 0 Å². The van der Waals surface area contributed by atoms with Gasteiger partial charge in [-0.3, -0.25) is 0 Å². The van der Waals surface area contributed by atoms with E-state index in [2.05, 4.69) is 5.32 Å². The highest BCUT2D eigenvalue weighted by Crippen LogP contribution is 2.44. The number of nitrogens with one attached hydrogen (secondary N) is 1. The summed E-state index contributed by atoms with van der Waals surface area (Å²) < 4.78 is 55.6. The summed E-state index contributed by atoms with van der Waals surface area (Å²) in [4.78, 5) is 12.0. The number of hydrogen-bond acceptors (Lipinski definition) is 6. The number of rotatable bonds is 5. The van der Waals surface area contributed by atoms with Crippen molar-refractivity contribution >= 4 is 6.16 Å². The zero-order valence-corrected chi connectivity index (χ0v) is 15.7. The predicted molar refractivity (Wildman–Crippen MR) is 92.9 cm³/mol. The number of carbonyl (C=O) groups excluding carboxylic acids is 1. The van der Waals surface area contributed by atoms with Crippen molar-refractivity contribution in [1.29, 1.82) is 5.26 Å². The lowest BCUT2D eigenvalue weighted by Gasteiger charge is -2.36. The van der Waals surface area contributed by atoms with Gasteiger partial charge in [0.15, 0.2) is 0 Å². The number of carbonyl (C=O) groups is 1. The number of hydrogen-bond donors (Lipinski definition) is 1. The molecule has 1 aromatic carbocycles. The molecule has 1 aromatic rings. The van der Waals surface area contributed by atoms with E-state index in [0.717, 1.165) is 6.07 Å². The Balaban J connectivity index is 2.49. The maximum atomic E-state index is 13.6. The second-order valence-electron chi connectivity index (χ2n) is 6.33. The highest BCUT2D eigenvalue weighted by molar-refractivity contribution is 5.62. The minimum atomic E-state index is -4.62. The van der Waals surface area contributed by atoms with Gasteiger partial charge >= 0.3 is 12.3 Å². The lowest BCUT2D eigenvalue weighted by Crippen LogP contribution is -2.42. The van der Waals surface area contributed by atoms with E-state index in [1.165, 1.54) is 25.3 Å². The van der Waals surface area contributed by atoms with E-state index in [4.69, 9.17) is 14.2 Å². The molecule has 0 fully saturated rings. The van der Waals surface area contributed by atoms with Crippen molar-refractivity contribution in [3.8, 4) is 6.07 Å². The molecule has 0 radical (unpaired) electrons. The molecule has 3 unspecified atom stereocenters. The average molecular weight is 398 g/mol. The molecule has 1 N–H and O–H groups in total. The molecule has 152 valence electrons. The number of halogens is 3. The third-order valence-electron chi connectivity index (χ3n) is 4.45. The molecule has 1 aliphatic heterocycles. The van der Waals surface area contributed by atoms with Gasteiger partial charge in [0.2, 0.25) is 0 Å². The fourth-order valence-corrected chi connectivity index (χ4v) is 3.20. The summed E-state index contributed by atoms with van der Waals surface area (Å²) >= 11 is 0. The molecule has 0 saturated carbocycles. The minimum absolute atomic E-state index is 0.0660. The van der Waals surface area contributed by atoms with Crippen LogP contribution in [0.15, 0.2) is 35.7 Å². The molecule has 6 nitrogen and oxygen atoms in total. The summed E-state index contributed by atoms with van der Waals surface area (Å²) in [6, 6.07) is 6.56. The number of allylic oxidation sites excluding steroid dienone is 2. The summed E-state index contributed by atoms with van der Waals surface area (Å²) in [5.41, 5.74) is -0.644. The van der Waals surface area contributed by atoms with Crippen LogP contribution < -0.4 is 5.32 Å². The van der Waals surface area contributed by atoms with Crippen LogP contribution in [0, 0.1) is 17.2 Å². The van der Waals surface area contributed by atoms with Gasteiger partial charge in [0, 0.05) is 18.8 Å². The number of nitriles is 1. The van der Waals surface area contributed by atoms with Crippen molar-refractivity contribution in [2.75, 3.05) is 20.3 Å². The molecular weight excluding hydrogens is 377 g/mol. The summed E-state index contributed by atoms with van der Waals surface area (Å²) in [6.45, 7) is 3.33. The van der Waals surface area contributed by atoms with Crippen LogP contribution in [0.1, 0.15) is 30.9 Å². The molecule has 0 spiro atoms. The molecule has 0 aromatic heterocycles. The van der Waals surface area contributed by atoms with Crippen LogP contribution in [-0.4, -0.2) is 32.5 Å². The zero-order chi connectivity index (χ0) is 20.9. The standard InChI is InChI=1S/C19H21F3N2O4/c1-11-14(10-23)16(13-6-4-5-7-15(13)19(20,21)22)17(12(2)24-11)28-18(25)27-9-8-26-3/h4-7,11,14,16,24H,8-9H2,1-3H3. The number of benzene rings is 1. The third-order valence-corrected chi connectivity index (χ3v) is 4.45. The lowest BCUT2D eigenvalue weighted by molar-refractivity contribution is -0.138. The van der Waals surface area contributed by atoms with E-state index in [0.29, 0.717) is 5.70 Å². The average Bonchev–Trinajstić information content (AvgIpc) is 2.63. The maximum absolute atomic E-state index is 13.6. The predicted octanol–water partition coefficient (Wildman–Crippen LogP) is 3.95. The number of ether oxygens (including phenoxy) is 3. The van der Waals surface area contributed by atoms with Gasteiger partial charge in [-0.2, -0.15) is 18.4 Å². The first-order chi connectivity index (χ1) is 13.2. The van der Waals surface area contributed by atoms with E-state index < -0.39 is 35.8 Å². The molecule has 0 saturated heterocycles. The molecule has 1 aliphatic rings. The van der Waals surface area contributed by atoms with Crippen molar-refractivity contribution in [2.24, 2.45) is 5.92 Å². The number of nitrogens with zero attached hydrogens (tertiary/aromatic N) is 1. The Morgan fingerprint density at radius 3 is 2.57 bits per heavy atom. The highest BCUT2D eigenvalue weighted by atomic mass is 19.4. The molecule has 28 heavy (non-hydrogen) atoms. The summed E-state index contributed by atoms with van der Waals surface area (Å²) in [7, 11) is 1.43. The van der Waals surface area contributed by atoms with E-state index in [-0.39, 0.29) is 24.5 Å². The zero-order valence-electron chi connectivity index (χ0n) is 15.7. The van der Waals surface area contributed by atoms with Crippen molar-refractivity contribution in [3.05, 3.63) is 46.8 Å². The summed E-state index contributed by atoms with van der Waals surface area (Å²) in [5.74, 6) is -2.05. The highest BCUT2D eigenvalue weighted by Gasteiger charge is 2.43. The number of methoxy groups -OCH3 is 1. The smallest absolute Gasteiger partial charge is 0.432 e. The van der Waals surface area contributed by atoms with Gasteiger partial charge < -0.3 is 19.5 Å². The molecule has 0 aliphatic carbocycles. The fourth-order valence-electron chi connectivity index (χ4n) is 3.20. The normalized spacial score (nSPS) is 22.2. The summed E-state index contributed by atoms with van der Waals surface area (Å²) in [5, 5.41) is 12.6. The van der Waals surface area contributed by atoms with Gasteiger partial charge in [-0.25, -0.2) is 4.79 Å². The van der Waals surface area contributed by atoms with Crippen LogP contribution in [0.25, 0.3) is 0 Å². The number of alkyl halides is 3. The molecule has 2 rings (SSSR count). The van der Waals surface area contributed by atoms with Gasteiger partial charge in [0.05, 0.1) is 30.1 Å². The van der Waals surface area contributed by atoms with E-state index in [1.807, 2.05) is 6.07 Å². The molecule has 9 heteroatoms. The fraction of sp³-hybridized carbons (Fsp3) is 0.474. The first-order valence-corrected chi connectivity index (χ1v) is 8.57. The Morgan fingerprint density at radius 2 is 1.96 bits per heavy atom. The third kappa shape index (κ3) is 4.75. The van der Waals surface area contributed by atoms with E-state index >= 15 is 0 Å². The van der Waals surface area contributed by atoms with Crippen molar-refractivity contribution in [1.82, 2.24) is 5.32 Å². The Bertz CT molecular complexity index is 786. The van der Waals surface area contributed by atoms with Crippen molar-refractivity contribution in [3.63, 3.8) is 0 Å². The van der Waals surface area contributed by atoms with Crippen LogP contribution in [0.5, 0.6) is 0 Å². The SMILES string of the molecule is COCCOC(=O)OC1=C(C)NC(C)C(C#N)C1c1ccccc1C(F)(F)F. The van der Waals surface area contributed by atoms with Gasteiger partial charge in [0.25, 0.3) is 0 Å². The second kappa shape index (κ2) is 8.97. The van der Waals surface area contributed by atoms with Crippen LogP contribution >= 0.6 is 0 Å². The molecular formula is C19H21F3N2O4. The minimum Gasteiger partial charge on any atom is -0.432 e. The monoisotopic (exact) mass is 398 g/mol. The Hall–Kier alpha value is -2.73. The van der Waals surface area contributed by atoms with Crippen molar-refractivity contribution in [2.45, 2.75) is 32.0 Å². The van der Waals surface area contributed by atoms with Crippen LogP contribution in [-0.2, 0) is 20.4 Å². The van der Waals surface area contributed by atoms with Gasteiger partial charge in [0.1, 0.15) is 12.4 Å². The second-order valence-corrected chi connectivity index (χ2v) is 6.33. The van der Waals surface area contributed by atoms with Gasteiger partial charge in [-0.05, 0) is 25.5 Å². The first kappa shape index (κ1) is 21.6. The topological polar surface area (TPSA) is 80.6 Å². The Labute approximate surface area is 160 Å². The van der Waals surface area contributed by atoms with Crippen molar-refractivity contribution < 1.29 is 32.2 Å². The molecule has 3 atom stereocenters. The van der Waals surface area contributed by atoms with E-state index in [1.54, 1.807) is 13.8 Å². The molecule has 0 amide bonds. The van der Waals surface area contributed by atoms with Gasteiger partial charge in [-0.1, -0.05) is 18.2 Å². The Morgan fingerprint density at radius 1 is 1.29 bits per heavy atom. The molecule has 0 bridgehead atoms. The lowest BCUT2D eigenvalue weighted by atomic mass is 9.76. The quantitative estimate of drug-likeness (QED) is 0.598. The Kier molecular flexibility index (Phi) is 6.91.